The minimum atomic E-state index is -1.14. The van der Waals surface area contributed by atoms with Crippen LogP contribution in [0.3, 0.4) is 0 Å². The van der Waals surface area contributed by atoms with Crippen LogP contribution in [0.4, 0.5) is 0 Å². The quantitative estimate of drug-likeness (QED) is 0.334. The van der Waals surface area contributed by atoms with Crippen LogP contribution in [0.25, 0.3) is 44.4 Å². The zero-order valence-electron chi connectivity index (χ0n) is 25.1. The number of carboxylic acids is 2. The molecule has 2 aliphatic rings. The average molecular weight is 667 g/mol. The van der Waals surface area contributed by atoms with Crippen molar-refractivity contribution in [2.24, 2.45) is 0 Å². The first-order valence-electron chi connectivity index (χ1n) is 13.7. The first-order valence-corrected chi connectivity index (χ1v) is 13.7. The predicted octanol–water partition coefficient (Wildman–Crippen LogP) is 0.548. The van der Waals surface area contributed by atoms with E-state index in [9.17, 15) is 19.8 Å². The van der Waals surface area contributed by atoms with Crippen molar-refractivity contribution < 1.29 is 32.2 Å². The van der Waals surface area contributed by atoms with E-state index in [1.54, 1.807) is 12.2 Å². The fraction of sp³-hybridized carbons (Fsp3) is 0.242. The van der Waals surface area contributed by atoms with Crippen LogP contribution < -0.4 is 22.6 Å². The first kappa shape index (κ1) is 34.4. The van der Waals surface area contributed by atoms with Crippen molar-refractivity contribution in [3.63, 3.8) is 0 Å². The molecule has 44 heavy (non-hydrogen) atoms. The van der Waals surface area contributed by atoms with Crippen molar-refractivity contribution in [1.29, 1.82) is 0 Å². The summed E-state index contributed by atoms with van der Waals surface area (Å²) in [5.74, 6) is -1.26. The van der Waals surface area contributed by atoms with Gasteiger partial charge in [-0.2, -0.15) is 0 Å². The second kappa shape index (κ2) is 13.7. The molecule has 9 nitrogen and oxygen atoms in total. The number of fused-ring (bicyclic) bond motifs is 8. The number of hydrogen-bond donors (Lipinski definition) is 2. The van der Waals surface area contributed by atoms with Crippen LogP contribution in [-0.4, -0.2) is 56.6 Å². The van der Waals surface area contributed by atoms with E-state index in [4.69, 9.17) is 15.0 Å². The number of aromatic amines is 2. The van der Waals surface area contributed by atoms with E-state index in [2.05, 4.69) is 23.1 Å². The number of carbonyl (C=O) groups is 2. The van der Waals surface area contributed by atoms with Gasteiger partial charge >= 0.3 is 19.8 Å². The van der Waals surface area contributed by atoms with E-state index in [0.29, 0.717) is 34.1 Å². The number of H-pyrrole nitrogens is 2. The number of nitrogens with one attached hydrogen (secondary N) is 2. The van der Waals surface area contributed by atoms with Crippen LogP contribution in [0.15, 0.2) is 43.5 Å². The Morgan fingerprint density at radius 1 is 0.705 bits per heavy atom. The molecule has 0 radical (unpaired) electrons. The molecule has 3 aromatic rings. The molecule has 0 spiro atoms. The maximum Gasteiger partial charge on any atom is 3.00 e. The van der Waals surface area contributed by atoms with Crippen molar-refractivity contribution in [3.8, 4) is 0 Å². The van der Waals surface area contributed by atoms with E-state index in [1.807, 2.05) is 45.9 Å². The number of nitrogens with zero attached hydrogens (tertiary/aromatic N) is 3. The van der Waals surface area contributed by atoms with Crippen molar-refractivity contribution >= 4 is 76.1 Å². The summed E-state index contributed by atoms with van der Waals surface area (Å²) in [4.78, 5) is 44.2. The van der Waals surface area contributed by atoms with Gasteiger partial charge < -0.3 is 42.2 Å². The van der Waals surface area contributed by atoms with E-state index in [1.165, 1.54) is 0 Å². The second-order valence-electron chi connectivity index (χ2n) is 10.5. The van der Waals surface area contributed by atoms with Crippen LogP contribution >= 0.6 is 0 Å². The molecular weight excluding hydrogens is 636 g/mol. The largest absolute Gasteiger partial charge is 3.00 e. The van der Waals surface area contributed by atoms with Gasteiger partial charge in [0.1, 0.15) is 0 Å². The first-order chi connectivity index (χ1) is 20.0. The number of carboxylic acid groups (broad SMARTS) is 2. The smallest absolute Gasteiger partial charge is 1.00 e. The molecule has 0 amide bonds. The van der Waals surface area contributed by atoms with Gasteiger partial charge in [0.15, 0.2) is 11.6 Å². The molecule has 2 aliphatic heterocycles. The molecular formula is C33H31ClGaN5O4. The van der Waals surface area contributed by atoms with E-state index in [0.717, 1.165) is 55.6 Å². The summed E-state index contributed by atoms with van der Waals surface area (Å²) >= 11 is 0. The van der Waals surface area contributed by atoms with Gasteiger partial charge in [-0.05, 0) is 99.4 Å². The Morgan fingerprint density at radius 2 is 1.18 bits per heavy atom. The third-order valence-corrected chi connectivity index (χ3v) is 8.03. The predicted molar refractivity (Wildman–Crippen MR) is 166 cm³/mol. The normalized spacial score (nSPS) is 12.5. The van der Waals surface area contributed by atoms with Crippen LogP contribution in [0.5, 0.6) is 0 Å². The monoisotopic (exact) mass is 665 g/mol. The van der Waals surface area contributed by atoms with Gasteiger partial charge in [-0.25, -0.2) is 15.0 Å². The number of hydrogen-bond acceptors (Lipinski definition) is 7. The Labute approximate surface area is 274 Å². The molecule has 0 saturated heterocycles. The summed E-state index contributed by atoms with van der Waals surface area (Å²) in [6.45, 7) is 15.7. The SMILES string of the molecule is C=CC1=C(C)c2nc1cc1[nH]c(cc3[nH]c(cc4nc(n2)C(C=C)=C4C)c(C)c3CCC(=O)[O-])c(CCC(=O)[O-])c1C.[Cl-].[Ga+3]. The molecule has 2 N–H and O–H groups in total. The molecule has 0 unspecified atom stereocenters. The molecule has 5 heterocycles. The number of aryl methyl sites for hydroxylation is 4. The Bertz CT molecular complexity index is 1930. The number of rotatable bonds is 8. The summed E-state index contributed by atoms with van der Waals surface area (Å²) in [5.41, 5.74) is 11.1. The van der Waals surface area contributed by atoms with Gasteiger partial charge in [0.05, 0.1) is 11.4 Å². The number of carbonyl (C=O) groups excluding carboxylic acids is 2. The van der Waals surface area contributed by atoms with Gasteiger partial charge in [0, 0.05) is 50.7 Å². The van der Waals surface area contributed by atoms with Gasteiger partial charge in [-0.15, -0.1) is 0 Å². The van der Waals surface area contributed by atoms with Crippen LogP contribution in [0, 0.1) is 13.8 Å². The van der Waals surface area contributed by atoms with E-state index in [-0.39, 0.29) is 57.9 Å². The number of aliphatic carboxylic acids is 2. The third kappa shape index (κ3) is 6.38. The van der Waals surface area contributed by atoms with E-state index >= 15 is 0 Å². The van der Waals surface area contributed by atoms with Gasteiger partial charge in [-0.1, -0.05) is 25.3 Å². The molecule has 0 atom stereocenters. The van der Waals surface area contributed by atoms with Crippen molar-refractivity contribution in [2.45, 2.75) is 53.4 Å². The molecule has 222 valence electrons. The van der Waals surface area contributed by atoms with Gasteiger partial charge in [0.25, 0.3) is 0 Å². The van der Waals surface area contributed by atoms with E-state index < -0.39 is 11.9 Å². The fourth-order valence-corrected chi connectivity index (χ4v) is 5.59. The average Bonchev–Trinajstić information content (AvgIpc) is 3.59. The van der Waals surface area contributed by atoms with Crippen LogP contribution in [0.1, 0.15) is 72.0 Å². The number of aromatic nitrogens is 5. The topological polar surface area (TPSA) is 151 Å². The molecule has 5 rings (SSSR count). The number of allylic oxidation sites excluding steroid dienone is 6. The summed E-state index contributed by atoms with van der Waals surface area (Å²) in [6, 6.07) is 5.73. The zero-order chi connectivity index (χ0) is 30.3. The molecule has 0 saturated carbocycles. The van der Waals surface area contributed by atoms with Crippen molar-refractivity contribution in [2.75, 3.05) is 0 Å². The Balaban J connectivity index is 0.00000264. The fourth-order valence-electron chi connectivity index (χ4n) is 5.59. The Hall–Kier alpha value is -4.12. The minimum Gasteiger partial charge on any atom is -1.00 e. The van der Waals surface area contributed by atoms with Crippen molar-refractivity contribution in [1.82, 2.24) is 24.9 Å². The zero-order valence-corrected chi connectivity index (χ0v) is 28.2. The third-order valence-electron chi connectivity index (χ3n) is 8.03. The number of halogens is 1. The minimum absolute atomic E-state index is 0. The standard InChI is InChI=1S/C33H33N5O4.ClH.Ga/c1-7-20-19(6)32-37-27(20)14-25-18(5)23(10-12-31(41)42)29(35-25)15-28-22(9-11-30(39)40)17(4)24(34-28)13-26-16(3)21(8-2)33(36-26)38-32;;/h7-8,13-15,34-35H,1-2,9-12H2,3-6H3,(H,39,40)(H,41,42);1H;/q;;+3/p-3. The second-order valence-corrected chi connectivity index (χ2v) is 10.5. The summed E-state index contributed by atoms with van der Waals surface area (Å²) in [6.07, 6.45) is 3.69. The summed E-state index contributed by atoms with van der Waals surface area (Å²) in [7, 11) is 0. The maximum atomic E-state index is 11.4. The molecule has 3 aromatic heterocycles. The van der Waals surface area contributed by atoms with Gasteiger partial charge in [0.2, 0.25) is 0 Å². The molecule has 11 heteroatoms. The Morgan fingerprint density at radius 3 is 1.66 bits per heavy atom. The maximum absolute atomic E-state index is 11.4. The molecule has 0 aliphatic carbocycles. The van der Waals surface area contributed by atoms with Crippen LogP contribution in [-0.2, 0) is 22.4 Å². The van der Waals surface area contributed by atoms with Crippen LogP contribution in [0.2, 0.25) is 0 Å². The molecule has 8 bridgehead atoms. The van der Waals surface area contributed by atoms with Crippen molar-refractivity contribution in [3.05, 3.63) is 88.8 Å². The molecule has 0 aromatic carbocycles. The molecule has 0 fully saturated rings. The Kier molecular flexibility index (Phi) is 10.7. The summed E-state index contributed by atoms with van der Waals surface area (Å²) < 4.78 is 0. The van der Waals surface area contributed by atoms with Gasteiger partial charge in [-0.3, -0.25) is 0 Å². The summed E-state index contributed by atoms with van der Waals surface area (Å²) in [5, 5.41) is 22.8.